The highest BCUT2D eigenvalue weighted by atomic mass is 16.2. The van der Waals surface area contributed by atoms with Crippen molar-refractivity contribution in [2.24, 2.45) is 0 Å². The summed E-state index contributed by atoms with van der Waals surface area (Å²) < 4.78 is 0. The van der Waals surface area contributed by atoms with E-state index in [-0.39, 0.29) is 18.2 Å². The van der Waals surface area contributed by atoms with E-state index in [1.807, 2.05) is 18.2 Å². The second-order valence-corrected chi connectivity index (χ2v) is 2.31. The molecule has 0 aliphatic carbocycles. The van der Waals surface area contributed by atoms with Crippen molar-refractivity contribution in [2.45, 2.75) is 12.8 Å². The van der Waals surface area contributed by atoms with E-state index in [0.717, 1.165) is 12.8 Å². The first-order valence-corrected chi connectivity index (χ1v) is 3.58. The Morgan fingerprint density at radius 2 is 1.67 bits per heavy atom. The van der Waals surface area contributed by atoms with Crippen LogP contribution in [0.1, 0.15) is 12.0 Å². The topological polar surface area (TPSA) is 86.7 Å². The summed E-state index contributed by atoms with van der Waals surface area (Å²) in [6, 6.07) is 10.2. The molecule has 0 heterocycles. The van der Waals surface area contributed by atoms with Crippen LogP contribution in [0.3, 0.4) is 0 Å². The first kappa shape index (κ1) is 13.7. The summed E-state index contributed by atoms with van der Waals surface area (Å²) >= 11 is 0. The van der Waals surface area contributed by atoms with Crippen molar-refractivity contribution in [1.82, 2.24) is 6.15 Å². The average Bonchev–Trinajstić information content (AvgIpc) is 2.03. The molecule has 0 saturated carbocycles. The molecule has 0 aliphatic heterocycles. The molecule has 3 heteroatoms. The summed E-state index contributed by atoms with van der Waals surface area (Å²) in [5.41, 5.74) is 1.30. The third kappa shape index (κ3) is 4.85. The zero-order valence-electron chi connectivity index (χ0n) is 7.16. The number of hydrogen-bond acceptors (Lipinski definition) is 2. The minimum atomic E-state index is 0. The Balaban J connectivity index is 0. The van der Waals surface area contributed by atoms with Gasteiger partial charge >= 0.3 is 0 Å². The van der Waals surface area contributed by atoms with Gasteiger partial charge in [0.1, 0.15) is 0 Å². The number of aryl methyl sites for hydroxylation is 1. The van der Waals surface area contributed by atoms with E-state index < -0.39 is 0 Å². The van der Waals surface area contributed by atoms with E-state index in [2.05, 4.69) is 12.1 Å². The molecule has 12 heavy (non-hydrogen) atoms. The first-order chi connectivity index (χ1) is 4.93. The third-order valence-electron chi connectivity index (χ3n) is 1.47. The number of hydrogen-bond donors (Lipinski definition) is 2. The lowest BCUT2D eigenvalue weighted by molar-refractivity contribution is 0.288. The van der Waals surface area contributed by atoms with Crippen LogP contribution in [0, 0.1) is 0 Å². The highest BCUT2D eigenvalue weighted by molar-refractivity contribution is 5.14. The second kappa shape index (κ2) is 8.20. The molecule has 0 aliphatic rings. The van der Waals surface area contributed by atoms with E-state index in [1.54, 1.807) is 0 Å². The van der Waals surface area contributed by atoms with Gasteiger partial charge in [-0.25, -0.2) is 0 Å². The van der Waals surface area contributed by atoms with Crippen LogP contribution in [0.4, 0.5) is 0 Å². The Labute approximate surface area is 72.9 Å². The van der Waals surface area contributed by atoms with Gasteiger partial charge in [0.25, 0.3) is 0 Å². The van der Waals surface area contributed by atoms with Crippen molar-refractivity contribution in [2.75, 3.05) is 6.61 Å². The number of aliphatic hydroxyl groups is 1. The smallest absolute Gasteiger partial charge is 0.0434 e. The predicted octanol–water partition coefficient (Wildman–Crippen LogP) is 0.949. The quantitative estimate of drug-likeness (QED) is 0.709. The molecule has 70 valence electrons. The van der Waals surface area contributed by atoms with Gasteiger partial charge in [-0.1, -0.05) is 30.3 Å². The van der Waals surface area contributed by atoms with E-state index in [4.69, 9.17) is 5.11 Å². The fraction of sp³-hybridized carbons (Fsp3) is 0.333. The molecule has 3 nitrogen and oxygen atoms in total. The molecule has 0 saturated heterocycles. The molecule has 0 bridgehead atoms. The monoisotopic (exact) mass is 171 g/mol. The summed E-state index contributed by atoms with van der Waals surface area (Å²) in [5.74, 6) is 0. The Morgan fingerprint density at radius 1 is 1.08 bits per heavy atom. The number of rotatable bonds is 3. The summed E-state index contributed by atoms with van der Waals surface area (Å²) in [5, 5.41) is 8.53. The molecule has 0 fully saturated rings. The minimum Gasteiger partial charge on any atom is -0.412 e. The Hall–Kier alpha value is -0.900. The van der Waals surface area contributed by atoms with E-state index in [0.29, 0.717) is 0 Å². The van der Waals surface area contributed by atoms with Crippen molar-refractivity contribution >= 4 is 0 Å². The number of benzene rings is 1. The summed E-state index contributed by atoms with van der Waals surface area (Å²) in [7, 11) is 0. The Kier molecular flexibility index (Phi) is 9.34. The molecule has 1 aromatic rings. The standard InChI is InChI=1S/C9H12O.H3N.H2O/c10-8-4-7-9-5-2-1-3-6-9;;/h1-3,5-6,10H,4,7-8H2;1H3;1H2. The maximum Gasteiger partial charge on any atom is 0.0434 e. The summed E-state index contributed by atoms with van der Waals surface area (Å²) in [6.45, 7) is 0.287. The fourth-order valence-electron chi connectivity index (χ4n) is 0.928. The number of aliphatic hydroxyl groups excluding tert-OH is 1. The van der Waals surface area contributed by atoms with Crippen LogP contribution >= 0.6 is 0 Å². The lowest BCUT2D eigenvalue weighted by atomic mass is 10.1. The van der Waals surface area contributed by atoms with Gasteiger partial charge in [-0.3, -0.25) is 0 Å². The zero-order chi connectivity index (χ0) is 7.23. The van der Waals surface area contributed by atoms with Crippen LogP contribution in [-0.2, 0) is 6.42 Å². The normalized spacial score (nSPS) is 8.08. The fourth-order valence-corrected chi connectivity index (χ4v) is 0.928. The lowest BCUT2D eigenvalue weighted by Gasteiger charge is -1.96. The molecule has 0 unspecified atom stereocenters. The van der Waals surface area contributed by atoms with E-state index >= 15 is 0 Å². The van der Waals surface area contributed by atoms with Gasteiger partial charge < -0.3 is 16.7 Å². The van der Waals surface area contributed by atoms with Crippen molar-refractivity contribution in [3.05, 3.63) is 35.9 Å². The lowest BCUT2D eigenvalue weighted by Crippen LogP contribution is -1.87. The van der Waals surface area contributed by atoms with Crippen LogP contribution in [-0.4, -0.2) is 17.2 Å². The van der Waals surface area contributed by atoms with Crippen molar-refractivity contribution < 1.29 is 10.6 Å². The molecule has 0 atom stereocenters. The zero-order valence-corrected chi connectivity index (χ0v) is 7.16. The Morgan fingerprint density at radius 3 is 2.17 bits per heavy atom. The maximum atomic E-state index is 8.53. The largest absolute Gasteiger partial charge is 0.412 e. The van der Waals surface area contributed by atoms with Crippen LogP contribution < -0.4 is 6.15 Å². The van der Waals surface area contributed by atoms with Crippen LogP contribution in [0.25, 0.3) is 0 Å². The second-order valence-electron chi connectivity index (χ2n) is 2.31. The van der Waals surface area contributed by atoms with Gasteiger partial charge in [-0.15, -0.1) is 0 Å². The average molecular weight is 171 g/mol. The van der Waals surface area contributed by atoms with Gasteiger partial charge in [0.05, 0.1) is 0 Å². The molecule has 1 aromatic carbocycles. The van der Waals surface area contributed by atoms with Gasteiger partial charge in [0.15, 0.2) is 0 Å². The molecular weight excluding hydrogens is 154 g/mol. The Bertz CT molecular complexity index is 177. The van der Waals surface area contributed by atoms with Crippen molar-refractivity contribution in [1.29, 1.82) is 0 Å². The third-order valence-corrected chi connectivity index (χ3v) is 1.47. The molecule has 6 N–H and O–H groups in total. The molecule has 0 spiro atoms. The van der Waals surface area contributed by atoms with Gasteiger partial charge in [-0.2, -0.15) is 0 Å². The SMILES string of the molecule is N.O.OCCCc1ccccc1. The van der Waals surface area contributed by atoms with Gasteiger partial charge in [0, 0.05) is 6.61 Å². The molecule has 0 aromatic heterocycles. The maximum absolute atomic E-state index is 8.53. The van der Waals surface area contributed by atoms with E-state index in [9.17, 15) is 0 Å². The highest BCUT2D eigenvalue weighted by Crippen LogP contribution is 2.00. The molecule has 0 amide bonds. The van der Waals surface area contributed by atoms with Crippen LogP contribution in [0.15, 0.2) is 30.3 Å². The molecule has 1 rings (SSSR count). The van der Waals surface area contributed by atoms with E-state index in [1.165, 1.54) is 5.56 Å². The van der Waals surface area contributed by atoms with Crippen LogP contribution in [0.5, 0.6) is 0 Å². The predicted molar refractivity (Wildman–Crippen MR) is 50.5 cm³/mol. The minimum absolute atomic E-state index is 0. The highest BCUT2D eigenvalue weighted by Gasteiger charge is 1.87. The molecular formula is C9H17NO2. The first-order valence-electron chi connectivity index (χ1n) is 3.58. The van der Waals surface area contributed by atoms with Gasteiger partial charge in [0.2, 0.25) is 0 Å². The molecule has 0 radical (unpaired) electrons. The summed E-state index contributed by atoms with van der Waals surface area (Å²) in [4.78, 5) is 0. The van der Waals surface area contributed by atoms with Crippen molar-refractivity contribution in [3.63, 3.8) is 0 Å². The summed E-state index contributed by atoms with van der Waals surface area (Å²) in [6.07, 6.45) is 1.85. The van der Waals surface area contributed by atoms with Crippen molar-refractivity contribution in [3.8, 4) is 0 Å². The van der Waals surface area contributed by atoms with Crippen LogP contribution in [0.2, 0.25) is 0 Å². The van der Waals surface area contributed by atoms with Gasteiger partial charge in [-0.05, 0) is 18.4 Å².